The van der Waals surface area contributed by atoms with Gasteiger partial charge in [0.05, 0.1) is 16.7 Å². The number of alkyl halides is 3. The SMILES string of the molecule is Cc1cc(COc2ccc(Sc3ccoc3C3NC(=O)NC3=O)cc2)c2ccccc2n1.O=C(O)C(F)(F)F. The highest BCUT2D eigenvalue weighted by Crippen LogP contribution is 2.36. The Kier molecular flexibility index (Phi) is 8.10. The fraction of sp³-hybridized carbons (Fsp3) is 0.154. The van der Waals surface area contributed by atoms with Crippen LogP contribution in [0.15, 0.2) is 81.1 Å². The highest BCUT2D eigenvalue weighted by atomic mass is 32.2. The molecule has 39 heavy (non-hydrogen) atoms. The number of para-hydroxylation sites is 1. The first-order valence-corrected chi connectivity index (χ1v) is 12.1. The zero-order chi connectivity index (χ0) is 28.2. The molecule has 3 N–H and O–H groups in total. The summed E-state index contributed by atoms with van der Waals surface area (Å²) in [5.41, 5.74) is 3.00. The Morgan fingerprint density at radius 2 is 1.82 bits per heavy atom. The van der Waals surface area contributed by atoms with Crippen molar-refractivity contribution >= 4 is 40.6 Å². The largest absolute Gasteiger partial charge is 0.490 e. The molecule has 1 aliphatic heterocycles. The number of aromatic nitrogens is 1. The third-order valence-corrected chi connectivity index (χ3v) is 6.38. The molecule has 3 heterocycles. The second-order valence-electron chi connectivity index (χ2n) is 8.15. The zero-order valence-corrected chi connectivity index (χ0v) is 20.9. The molecule has 13 heteroatoms. The van der Waals surface area contributed by atoms with Gasteiger partial charge in [0, 0.05) is 21.5 Å². The molecule has 9 nitrogen and oxygen atoms in total. The van der Waals surface area contributed by atoms with E-state index in [9.17, 15) is 22.8 Å². The van der Waals surface area contributed by atoms with Crippen LogP contribution in [0, 0.1) is 6.92 Å². The van der Waals surface area contributed by atoms with E-state index in [0.29, 0.717) is 12.4 Å². The average Bonchev–Trinajstić information content (AvgIpc) is 3.47. The lowest BCUT2D eigenvalue weighted by molar-refractivity contribution is -0.192. The molecule has 202 valence electrons. The van der Waals surface area contributed by atoms with Crippen LogP contribution in [-0.4, -0.2) is 34.2 Å². The number of hydrogen-bond acceptors (Lipinski definition) is 7. The lowest BCUT2D eigenvalue weighted by atomic mass is 10.1. The number of fused-ring (bicyclic) bond motifs is 1. The number of furan rings is 1. The number of halogens is 3. The number of carbonyl (C=O) groups is 3. The number of carbonyl (C=O) groups excluding carboxylic acids is 2. The van der Waals surface area contributed by atoms with Gasteiger partial charge in [-0.05, 0) is 49.4 Å². The van der Waals surface area contributed by atoms with Crippen molar-refractivity contribution in [3.05, 3.63) is 83.9 Å². The van der Waals surface area contributed by atoms with Crippen molar-refractivity contribution in [1.82, 2.24) is 15.6 Å². The van der Waals surface area contributed by atoms with Crippen LogP contribution < -0.4 is 15.4 Å². The van der Waals surface area contributed by atoms with Gasteiger partial charge in [-0.1, -0.05) is 30.0 Å². The summed E-state index contributed by atoms with van der Waals surface area (Å²) >= 11 is 1.45. The summed E-state index contributed by atoms with van der Waals surface area (Å²) in [6.07, 6.45) is -3.58. The van der Waals surface area contributed by atoms with Crippen molar-refractivity contribution in [2.24, 2.45) is 0 Å². The predicted octanol–water partition coefficient (Wildman–Crippen LogP) is 5.38. The van der Waals surface area contributed by atoms with Crippen molar-refractivity contribution < 1.29 is 41.8 Å². The van der Waals surface area contributed by atoms with E-state index in [-0.39, 0.29) is 0 Å². The number of imide groups is 1. The Morgan fingerprint density at radius 1 is 1.13 bits per heavy atom. The molecule has 0 saturated carbocycles. The Balaban J connectivity index is 0.000000448. The van der Waals surface area contributed by atoms with Crippen LogP contribution in [0.4, 0.5) is 18.0 Å². The van der Waals surface area contributed by atoms with E-state index < -0.39 is 30.1 Å². The minimum Gasteiger partial charge on any atom is -0.489 e. The minimum absolute atomic E-state index is 0.415. The Labute approximate surface area is 223 Å². The van der Waals surface area contributed by atoms with Crippen molar-refractivity contribution in [3.63, 3.8) is 0 Å². The average molecular weight is 560 g/mol. The van der Waals surface area contributed by atoms with Crippen LogP contribution in [-0.2, 0) is 16.2 Å². The highest BCUT2D eigenvalue weighted by Gasteiger charge is 2.38. The quantitative estimate of drug-likeness (QED) is 0.269. The third-order valence-electron chi connectivity index (χ3n) is 5.31. The second kappa shape index (κ2) is 11.5. The normalized spacial score (nSPS) is 14.8. The number of carboxylic acid groups (broad SMARTS) is 1. The molecule has 0 spiro atoms. The van der Waals surface area contributed by atoms with Crippen LogP contribution in [0.5, 0.6) is 5.75 Å². The molecule has 0 aliphatic carbocycles. The van der Waals surface area contributed by atoms with Crippen LogP contribution in [0.25, 0.3) is 10.9 Å². The summed E-state index contributed by atoms with van der Waals surface area (Å²) in [6, 6.07) is 18.2. The summed E-state index contributed by atoms with van der Waals surface area (Å²) in [4.78, 5) is 38.5. The van der Waals surface area contributed by atoms with Gasteiger partial charge in [0.2, 0.25) is 0 Å². The highest BCUT2D eigenvalue weighted by molar-refractivity contribution is 7.99. The van der Waals surface area contributed by atoms with Crippen molar-refractivity contribution in [2.45, 2.75) is 35.5 Å². The van der Waals surface area contributed by atoms with E-state index >= 15 is 0 Å². The molecule has 5 rings (SSSR count). The number of urea groups is 1. The summed E-state index contributed by atoms with van der Waals surface area (Å²) in [6.45, 7) is 2.42. The molecule has 2 aromatic heterocycles. The van der Waals surface area contributed by atoms with Gasteiger partial charge >= 0.3 is 18.2 Å². The number of nitrogens with zero attached hydrogens (tertiary/aromatic N) is 1. The standard InChI is InChI=1S/C24H19N3O4S.C2HF3O2/c1-14-12-15(18-4-2-3-5-19(18)25-14)13-31-16-6-8-17(9-7-16)32-20-10-11-30-22(20)21-23(28)27-24(29)26-21;3-2(4,5)1(6)7/h2-12,21H,13H2,1H3,(H2,26,27,28,29);(H,6,7). The molecule has 1 fully saturated rings. The van der Waals surface area contributed by atoms with Gasteiger partial charge in [-0.2, -0.15) is 13.2 Å². The number of aryl methyl sites for hydroxylation is 1. The lowest BCUT2D eigenvalue weighted by Gasteiger charge is -2.11. The Bertz CT molecular complexity index is 1520. The molecule has 0 bridgehead atoms. The fourth-order valence-corrected chi connectivity index (χ4v) is 4.53. The van der Waals surface area contributed by atoms with E-state index in [2.05, 4.69) is 21.7 Å². The number of amides is 3. The molecule has 1 atom stereocenters. The fourth-order valence-electron chi connectivity index (χ4n) is 3.61. The number of pyridine rings is 1. The van der Waals surface area contributed by atoms with Gasteiger partial charge in [0.15, 0.2) is 6.04 Å². The second-order valence-corrected chi connectivity index (χ2v) is 9.27. The van der Waals surface area contributed by atoms with Gasteiger partial charge in [-0.3, -0.25) is 15.1 Å². The van der Waals surface area contributed by atoms with Crippen LogP contribution in [0.3, 0.4) is 0 Å². The van der Waals surface area contributed by atoms with Gasteiger partial charge < -0.3 is 19.6 Å². The molecule has 1 unspecified atom stereocenters. The number of rotatable bonds is 6. The molecule has 4 aromatic rings. The number of hydrogen-bond donors (Lipinski definition) is 3. The maximum Gasteiger partial charge on any atom is 0.490 e. The van der Waals surface area contributed by atoms with Gasteiger partial charge in [0.1, 0.15) is 18.1 Å². The van der Waals surface area contributed by atoms with Crippen molar-refractivity contribution in [3.8, 4) is 5.75 Å². The Morgan fingerprint density at radius 3 is 2.46 bits per heavy atom. The minimum atomic E-state index is -5.08. The summed E-state index contributed by atoms with van der Waals surface area (Å²) < 4.78 is 43.2. The first kappa shape index (κ1) is 27.5. The number of carboxylic acids is 1. The number of ether oxygens (including phenoxy) is 1. The number of benzene rings is 2. The van der Waals surface area contributed by atoms with E-state index in [1.54, 1.807) is 6.07 Å². The van der Waals surface area contributed by atoms with E-state index in [1.165, 1.54) is 18.0 Å². The van der Waals surface area contributed by atoms with E-state index in [0.717, 1.165) is 37.7 Å². The smallest absolute Gasteiger partial charge is 0.489 e. The van der Waals surface area contributed by atoms with Crippen molar-refractivity contribution in [1.29, 1.82) is 0 Å². The maximum atomic E-state index is 11.9. The molecule has 1 saturated heterocycles. The van der Waals surface area contributed by atoms with Gasteiger partial charge in [-0.15, -0.1) is 0 Å². The molecular weight excluding hydrogens is 539 g/mol. The topological polar surface area (TPSA) is 131 Å². The zero-order valence-electron chi connectivity index (χ0n) is 20.1. The Hall–Kier alpha value is -4.52. The predicted molar refractivity (Wildman–Crippen MR) is 133 cm³/mol. The van der Waals surface area contributed by atoms with Crippen molar-refractivity contribution in [2.75, 3.05) is 0 Å². The summed E-state index contributed by atoms with van der Waals surface area (Å²) in [5, 5.41) is 13.0. The number of aliphatic carboxylic acids is 1. The molecule has 0 radical (unpaired) electrons. The number of nitrogens with one attached hydrogen (secondary N) is 2. The first-order chi connectivity index (χ1) is 18.5. The lowest BCUT2D eigenvalue weighted by Crippen LogP contribution is -2.22. The van der Waals surface area contributed by atoms with Crippen LogP contribution in [0.2, 0.25) is 0 Å². The summed E-state index contributed by atoms with van der Waals surface area (Å²) in [5.74, 6) is -2.01. The molecule has 1 aliphatic rings. The summed E-state index contributed by atoms with van der Waals surface area (Å²) in [7, 11) is 0. The van der Waals surface area contributed by atoms with Crippen LogP contribution in [0.1, 0.15) is 23.1 Å². The third kappa shape index (κ3) is 6.87. The van der Waals surface area contributed by atoms with Crippen LogP contribution >= 0.6 is 11.8 Å². The van der Waals surface area contributed by atoms with Gasteiger partial charge in [0.25, 0.3) is 5.91 Å². The molecular formula is C26H20F3N3O6S. The molecule has 2 aromatic carbocycles. The van der Waals surface area contributed by atoms with E-state index in [1.807, 2.05) is 55.5 Å². The maximum absolute atomic E-state index is 11.9. The van der Waals surface area contributed by atoms with Gasteiger partial charge in [-0.25, -0.2) is 9.59 Å². The van der Waals surface area contributed by atoms with E-state index in [4.69, 9.17) is 19.1 Å². The first-order valence-electron chi connectivity index (χ1n) is 11.3. The monoisotopic (exact) mass is 559 g/mol. The molecule has 3 amide bonds.